The summed E-state index contributed by atoms with van der Waals surface area (Å²) in [4.78, 5) is 63.4. The van der Waals surface area contributed by atoms with Gasteiger partial charge in [-0.3, -0.25) is 19.7 Å². The Morgan fingerprint density at radius 2 is 1.69 bits per heavy atom. The Labute approximate surface area is 231 Å². The number of nitrogens with one attached hydrogen (secondary N) is 2. The number of carbonyl (C=O) groups is 5. The van der Waals surface area contributed by atoms with E-state index in [9.17, 15) is 24.0 Å². The van der Waals surface area contributed by atoms with Crippen molar-refractivity contribution in [2.45, 2.75) is 6.92 Å². The first kappa shape index (κ1) is 27.3. The number of imide groups is 2. The number of rotatable bonds is 7. The van der Waals surface area contributed by atoms with Gasteiger partial charge in [0.2, 0.25) is 0 Å². The van der Waals surface area contributed by atoms with E-state index >= 15 is 0 Å². The zero-order valence-corrected chi connectivity index (χ0v) is 22.4. The van der Waals surface area contributed by atoms with E-state index in [2.05, 4.69) is 31.3 Å². The molecule has 0 unspecified atom stereocenters. The molecule has 1 saturated heterocycles. The number of urea groups is 1. The quantitative estimate of drug-likeness (QED) is 0.239. The van der Waals surface area contributed by atoms with Crippen LogP contribution in [0.1, 0.15) is 21.5 Å². The first-order chi connectivity index (χ1) is 18.7. The maximum atomic E-state index is 13.3. The summed E-state index contributed by atoms with van der Waals surface area (Å²) in [5, 5.41) is 4.87. The summed E-state index contributed by atoms with van der Waals surface area (Å²) < 4.78 is 11.0. The number of hydrogen-bond donors (Lipinski definition) is 2. The van der Waals surface area contributed by atoms with Crippen molar-refractivity contribution in [3.63, 3.8) is 0 Å². The third-order valence-corrected chi connectivity index (χ3v) is 6.11. The lowest BCUT2D eigenvalue weighted by Gasteiger charge is -2.26. The third kappa shape index (κ3) is 6.39. The molecule has 0 radical (unpaired) electrons. The Bertz CT molecular complexity index is 1500. The van der Waals surface area contributed by atoms with Gasteiger partial charge >= 0.3 is 12.0 Å². The molecule has 0 spiro atoms. The molecule has 0 aromatic heterocycles. The highest BCUT2D eigenvalue weighted by Gasteiger charge is 2.37. The summed E-state index contributed by atoms with van der Waals surface area (Å²) in [6, 6.07) is 16.7. The van der Waals surface area contributed by atoms with Gasteiger partial charge in [0.15, 0.2) is 6.61 Å². The molecule has 1 aliphatic heterocycles. The van der Waals surface area contributed by atoms with Crippen LogP contribution in [-0.2, 0) is 19.1 Å². The molecule has 5 amide bonds. The van der Waals surface area contributed by atoms with E-state index in [1.54, 1.807) is 30.3 Å². The van der Waals surface area contributed by atoms with Crippen LogP contribution in [0.2, 0.25) is 0 Å². The average molecular weight is 592 g/mol. The molecule has 3 aromatic carbocycles. The monoisotopic (exact) mass is 591 g/mol. The fourth-order valence-corrected chi connectivity index (χ4v) is 4.03. The SMILES string of the molecule is COC(=O)c1ccc(N2C(=O)NC(=O)/C(=C\c3cc(Br)ccc3OCC(=O)Nc3ccc(C)cc3)C2=O)cc1. The van der Waals surface area contributed by atoms with Gasteiger partial charge in [0.25, 0.3) is 17.7 Å². The summed E-state index contributed by atoms with van der Waals surface area (Å²) >= 11 is 3.35. The van der Waals surface area contributed by atoms with E-state index in [1.165, 1.54) is 37.5 Å². The van der Waals surface area contributed by atoms with E-state index in [4.69, 9.17) is 4.74 Å². The molecule has 2 N–H and O–H groups in total. The largest absolute Gasteiger partial charge is 0.483 e. The van der Waals surface area contributed by atoms with E-state index in [0.29, 0.717) is 15.7 Å². The molecule has 0 aliphatic carbocycles. The minimum atomic E-state index is -0.938. The maximum absolute atomic E-state index is 13.3. The zero-order valence-electron chi connectivity index (χ0n) is 20.8. The zero-order chi connectivity index (χ0) is 28.1. The Balaban J connectivity index is 1.57. The van der Waals surface area contributed by atoms with E-state index in [1.807, 2.05) is 19.1 Å². The fourth-order valence-electron chi connectivity index (χ4n) is 3.65. The van der Waals surface area contributed by atoms with Crippen LogP contribution in [0.3, 0.4) is 0 Å². The number of ether oxygens (including phenoxy) is 2. The number of carbonyl (C=O) groups excluding carboxylic acids is 5. The highest BCUT2D eigenvalue weighted by molar-refractivity contribution is 9.10. The van der Waals surface area contributed by atoms with Gasteiger partial charge in [-0.05, 0) is 67.6 Å². The van der Waals surface area contributed by atoms with Crippen LogP contribution in [0.15, 0.2) is 76.8 Å². The van der Waals surface area contributed by atoms with Crippen LogP contribution in [0.5, 0.6) is 5.75 Å². The van der Waals surface area contributed by atoms with Crippen molar-refractivity contribution >= 4 is 63.1 Å². The second-order valence-electron chi connectivity index (χ2n) is 8.38. The second-order valence-corrected chi connectivity index (χ2v) is 9.30. The van der Waals surface area contributed by atoms with Crippen LogP contribution in [0.25, 0.3) is 6.08 Å². The molecule has 198 valence electrons. The van der Waals surface area contributed by atoms with Crippen LogP contribution in [0.4, 0.5) is 16.2 Å². The van der Waals surface area contributed by atoms with Crippen molar-refractivity contribution in [3.8, 4) is 5.75 Å². The molecule has 0 saturated carbocycles. The summed E-state index contributed by atoms with van der Waals surface area (Å²) in [7, 11) is 1.23. The van der Waals surface area contributed by atoms with Gasteiger partial charge in [-0.2, -0.15) is 0 Å². The molecule has 1 fully saturated rings. The smallest absolute Gasteiger partial charge is 0.337 e. The van der Waals surface area contributed by atoms with Crippen LogP contribution in [0, 0.1) is 6.92 Å². The number of methoxy groups -OCH3 is 1. The van der Waals surface area contributed by atoms with Crippen LogP contribution < -0.4 is 20.3 Å². The lowest BCUT2D eigenvalue weighted by molar-refractivity contribution is -0.122. The second kappa shape index (κ2) is 11.7. The number of hydrogen-bond acceptors (Lipinski definition) is 7. The average Bonchev–Trinajstić information content (AvgIpc) is 2.91. The van der Waals surface area contributed by atoms with Crippen molar-refractivity contribution in [2.75, 3.05) is 23.9 Å². The lowest BCUT2D eigenvalue weighted by atomic mass is 10.1. The molecule has 1 heterocycles. The molecular weight excluding hydrogens is 570 g/mol. The fraction of sp³-hybridized carbons (Fsp3) is 0.107. The molecule has 1 aliphatic rings. The number of amides is 5. The molecule has 3 aromatic rings. The highest BCUT2D eigenvalue weighted by Crippen LogP contribution is 2.28. The standard InChI is InChI=1S/C28H22BrN3O7/c1-16-3-8-20(9-4-16)30-24(33)15-39-23-12-7-19(29)13-18(23)14-22-25(34)31-28(37)32(26(22)35)21-10-5-17(6-11-21)27(36)38-2/h3-14H,15H2,1-2H3,(H,30,33)(H,31,34,37)/b22-14+. The van der Waals surface area contributed by atoms with E-state index < -0.39 is 29.7 Å². The molecular formula is C28H22BrN3O7. The van der Waals surface area contributed by atoms with Crippen LogP contribution >= 0.6 is 15.9 Å². The lowest BCUT2D eigenvalue weighted by Crippen LogP contribution is -2.54. The summed E-state index contributed by atoms with van der Waals surface area (Å²) in [6.45, 7) is 1.61. The molecule has 39 heavy (non-hydrogen) atoms. The summed E-state index contributed by atoms with van der Waals surface area (Å²) in [5.41, 5.74) is 2.01. The Hall–Kier alpha value is -4.77. The molecule has 10 nitrogen and oxygen atoms in total. The van der Waals surface area contributed by atoms with Gasteiger partial charge < -0.3 is 14.8 Å². The number of aryl methyl sites for hydroxylation is 1. The van der Waals surface area contributed by atoms with E-state index in [0.717, 1.165) is 10.5 Å². The number of nitrogens with zero attached hydrogens (tertiary/aromatic N) is 1. The number of barbiturate groups is 1. The van der Waals surface area contributed by atoms with Gasteiger partial charge in [-0.1, -0.05) is 33.6 Å². The third-order valence-electron chi connectivity index (χ3n) is 5.61. The van der Waals surface area contributed by atoms with Gasteiger partial charge in [0.05, 0.1) is 18.4 Å². The van der Waals surface area contributed by atoms with Crippen LogP contribution in [-0.4, -0.2) is 43.4 Å². The Morgan fingerprint density at radius 1 is 1.00 bits per heavy atom. The van der Waals surface area contributed by atoms with Crippen molar-refractivity contribution in [2.24, 2.45) is 0 Å². The highest BCUT2D eigenvalue weighted by atomic mass is 79.9. The summed E-state index contributed by atoms with van der Waals surface area (Å²) in [5.74, 6) is -2.52. The van der Waals surface area contributed by atoms with Gasteiger partial charge in [-0.25, -0.2) is 14.5 Å². The van der Waals surface area contributed by atoms with Crippen molar-refractivity contribution in [3.05, 3.63) is 93.5 Å². The van der Waals surface area contributed by atoms with Gasteiger partial charge in [0.1, 0.15) is 11.3 Å². The number of halogens is 1. The molecule has 0 atom stereocenters. The minimum absolute atomic E-state index is 0.141. The molecule has 11 heteroatoms. The van der Waals surface area contributed by atoms with E-state index in [-0.39, 0.29) is 29.2 Å². The van der Waals surface area contributed by atoms with Crippen molar-refractivity contribution < 1.29 is 33.4 Å². The first-order valence-corrected chi connectivity index (χ1v) is 12.3. The van der Waals surface area contributed by atoms with Crippen molar-refractivity contribution in [1.82, 2.24) is 5.32 Å². The van der Waals surface area contributed by atoms with Gasteiger partial charge in [0, 0.05) is 15.7 Å². The normalized spacial score (nSPS) is 14.2. The number of esters is 1. The van der Waals surface area contributed by atoms with Gasteiger partial charge in [-0.15, -0.1) is 0 Å². The Morgan fingerprint density at radius 3 is 2.36 bits per heavy atom. The minimum Gasteiger partial charge on any atom is -0.483 e. The molecule has 4 rings (SSSR count). The number of anilines is 2. The first-order valence-electron chi connectivity index (χ1n) is 11.5. The topological polar surface area (TPSA) is 131 Å². The predicted molar refractivity (Wildman–Crippen MR) is 146 cm³/mol. The van der Waals surface area contributed by atoms with Crippen molar-refractivity contribution in [1.29, 1.82) is 0 Å². The predicted octanol–water partition coefficient (Wildman–Crippen LogP) is 4.23. The summed E-state index contributed by atoms with van der Waals surface area (Å²) in [6.07, 6.45) is 1.28. The maximum Gasteiger partial charge on any atom is 0.337 e. The molecule has 0 bridgehead atoms. The number of benzene rings is 3. The Kier molecular flexibility index (Phi) is 8.21.